The van der Waals surface area contributed by atoms with Gasteiger partial charge in [-0.15, -0.1) is 10.2 Å². The first-order valence-electron chi connectivity index (χ1n) is 7.95. The van der Waals surface area contributed by atoms with E-state index < -0.39 is 20.4 Å². The lowest BCUT2D eigenvalue weighted by Gasteiger charge is -2.08. The lowest BCUT2D eigenvalue weighted by atomic mass is 10.2. The Balaban J connectivity index is 1.73. The van der Waals surface area contributed by atoms with Crippen molar-refractivity contribution in [2.24, 2.45) is 0 Å². The molecule has 0 amide bonds. The molecule has 140 valence electrons. The minimum atomic E-state index is -3.73. The van der Waals surface area contributed by atoms with E-state index in [1.165, 1.54) is 18.2 Å². The second-order valence-corrected chi connectivity index (χ2v) is 7.71. The van der Waals surface area contributed by atoms with E-state index in [-0.39, 0.29) is 17.1 Å². The molecule has 0 bridgehead atoms. The number of nitro benzene ring substituents is 1. The van der Waals surface area contributed by atoms with Gasteiger partial charge in [0, 0.05) is 24.8 Å². The Labute approximate surface area is 155 Å². The summed E-state index contributed by atoms with van der Waals surface area (Å²) in [5.74, 6) is 0.749. The van der Waals surface area contributed by atoms with Crippen LogP contribution in [-0.2, 0) is 16.3 Å². The molecule has 0 saturated heterocycles. The highest BCUT2D eigenvalue weighted by Crippen LogP contribution is 2.31. The minimum Gasteiger partial charge on any atom is -0.421 e. The van der Waals surface area contributed by atoms with Gasteiger partial charge in [0.2, 0.25) is 11.8 Å². The topological polar surface area (TPSA) is 128 Å². The highest BCUT2D eigenvalue weighted by molar-refractivity contribution is 7.90. The Morgan fingerprint density at radius 1 is 1.11 bits per heavy atom. The second-order valence-electron chi connectivity index (χ2n) is 5.73. The number of nitro groups is 1. The van der Waals surface area contributed by atoms with Crippen LogP contribution in [0.25, 0.3) is 11.5 Å². The third kappa shape index (κ3) is 4.29. The monoisotopic (exact) mass is 388 g/mol. The van der Waals surface area contributed by atoms with Crippen molar-refractivity contribution >= 4 is 21.2 Å². The van der Waals surface area contributed by atoms with Gasteiger partial charge in [0.1, 0.15) is 10.6 Å². The maximum absolute atomic E-state index is 11.8. The van der Waals surface area contributed by atoms with Gasteiger partial charge in [0.05, 0.1) is 4.92 Å². The summed E-state index contributed by atoms with van der Waals surface area (Å²) in [7, 11) is -3.73. The smallest absolute Gasteiger partial charge is 0.310 e. The maximum atomic E-state index is 11.8. The number of benzene rings is 2. The first kappa shape index (κ1) is 18.5. The molecule has 0 fully saturated rings. The van der Waals surface area contributed by atoms with Gasteiger partial charge >= 0.3 is 5.69 Å². The maximum Gasteiger partial charge on any atom is 0.310 e. The van der Waals surface area contributed by atoms with E-state index in [2.05, 4.69) is 15.5 Å². The van der Waals surface area contributed by atoms with Crippen LogP contribution in [0.3, 0.4) is 0 Å². The average molecular weight is 388 g/mol. The summed E-state index contributed by atoms with van der Waals surface area (Å²) in [6.07, 6.45) is 1.25. The van der Waals surface area contributed by atoms with Crippen molar-refractivity contribution in [3.63, 3.8) is 0 Å². The minimum absolute atomic E-state index is 0.116. The van der Waals surface area contributed by atoms with Crippen LogP contribution >= 0.6 is 0 Å². The summed E-state index contributed by atoms with van der Waals surface area (Å²) < 4.78 is 29.1. The van der Waals surface area contributed by atoms with E-state index in [0.29, 0.717) is 18.2 Å². The van der Waals surface area contributed by atoms with Gasteiger partial charge in [-0.05, 0) is 24.3 Å². The van der Waals surface area contributed by atoms with Gasteiger partial charge in [-0.2, -0.15) is 0 Å². The van der Waals surface area contributed by atoms with E-state index in [9.17, 15) is 18.5 Å². The molecule has 9 nitrogen and oxygen atoms in total. The first-order valence-corrected chi connectivity index (χ1v) is 9.84. The number of hydrogen-bond donors (Lipinski definition) is 1. The fraction of sp³-hybridized carbons (Fsp3) is 0.176. The Morgan fingerprint density at radius 2 is 1.85 bits per heavy atom. The molecule has 0 aliphatic heterocycles. The molecule has 3 rings (SSSR count). The van der Waals surface area contributed by atoms with Gasteiger partial charge in [0.25, 0.3) is 0 Å². The Bertz CT molecular complexity index is 1060. The summed E-state index contributed by atoms with van der Waals surface area (Å²) in [5.41, 5.74) is 0.432. The van der Waals surface area contributed by atoms with Crippen LogP contribution in [-0.4, -0.2) is 36.3 Å². The quantitative estimate of drug-likeness (QED) is 0.483. The van der Waals surface area contributed by atoms with Crippen LogP contribution in [0, 0.1) is 10.1 Å². The third-order valence-corrected chi connectivity index (χ3v) is 4.85. The number of sulfone groups is 1. The van der Waals surface area contributed by atoms with E-state index in [1.54, 1.807) is 0 Å². The molecule has 0 unspecified atom stereocenters. The molecule has 0 atom stereocenters. The average Bonchev–Trinajstić information content (AvgIpc) is 3.10. The molecule has 10 heteroatoms. The number of nitrogens with zero attached hydrogens (tertiary/aromatic N) is 3. The first-order chi connectivity index (χ1) is 12.9. The number of para-hydroxylation sites is 1. The molecule has 0 aliphatic rings. The predicted molar refractivity (Wildman–Crippen MR) is 98.1 cm³/mol. The van der Waals surface area contributed by atoms with E-state index in [0.717, 1.165) is 11.8 Å². The summed E-state index contributed by atoms with van der Waals surface area (Å²) in [4.78, 5) is 10.3. The molecule has 1 heterocycles. The van der Waals surface area contributed by atoms with Crippen molar-refractivity contribution in [3.05, 3.63) is 64.5 Å². The van der Waals surface area contributed by atoms with E-state index in [1.807, 2.05) is 30.3 Å². The van der Waals surface area contributed by atoms with Crippen LogP contribution in [0.1, 0.15) is 5.89 Å². The molecule has 27 heavy (non-hydrogen) atoms. The van der Waals surface area contributed by atoms with E-state index >= 15 is 0 Å². The molecule has 0 spiro atoms. The molecular weight excluding hydrogens is 372 g/mol. The Morgan fingerprint density at radius 3 is 2.52 bits per heavy atom. The normalized spacial score (nSPS) is 11.3. The molecule has 3 aromatic rings. The zero-order chi connectivity index (χ0) is 19.4. The van der Waals surface area contributed by atoms with Gasteiger partial charge in [-0.3, -0.25) is 10.1 Å². The Kier molecular flexibility index (Phi) is 5.17. The van der Waals surface area contributed by atoms with Crippen molar-refractivity contribution in [2.45, 2.75) is 11.3 Å². The summed E-state index contributed by atoms with van der Waals surface area (Å²) >= 11 is 0. The number of hydrogen-bond acceptors (Lipinski definition) is 8. The zero-order valence-corrected chi connectivity index (χ0v) is 15.1. The van der Waals surface area contributed by atoms with Crippen LogP contribution in [0.5, 0.6) is 0 Å². The molecule has 0 aliphatic carbocycles. The molecule has 0 saturated carbocycles. The standard InChI is InChI=1S/C17H16N4O5S/c1-27(24,25)14-9-5-8-13(16(14)21(22)23)18-11-10-15-19-20-17(26-15)12-6-3-2-4-7-12/h2-9,18H,10-11H2,1H3. The van der Waals surface area contributed by atoms with Crippen LogP contribution in [0.2, 0.25) is 0 Å². The molecule has 1 N–H and O–H groups in total. The van der Waals surface area contributed by atoms with Crippen LogP contribution in [0.15, 0.2) is 57.8 Å². The molecule has 1 aromatic heterocycles. The summed E-state index contributed by atoms with van der Waals surface area (Å²) in [6.45, 7) is 0.254. The van der Waals surface area contributed by atoms with Gasteiger partial charge in [-0.1, -0.05) is 24.3 Å². The fourth-order valence-corrected chi connectivity index (χ4v) is 3.37. The summed E-state index contributed by atoms with van der Waals surface area (Å²) in [6, 6.07) is 13.4. The highest BCUT2D eigenvalue weighted by atomic mass is 32.2. The van der Waals surface area contributed by atoms with Gasteiger partial charge in [0.15, 0.2) is 9.84 Å². The fourth-order valence-electron chi connectivity index (χ4n) is 2.51. The predicted octanol–water partition coefficient (Wildman–Crippen LogP) is 2.70. The summed E-state index contributed by atoms with van der Waals surface area (Å²) in [5, 5.41) is 22.1. The van der Waals surface area contributed by atoms with Crippen LogP contribution in [0.4, 0.5) is 11.4 Å². The lowest BCUT2D eigenvalue weighted by molar-refractivity contribution is -0.386. The molecule has 2 aromatic carbocycles. The highest BCUT2D eigenvalue weighted by Gasteiger charge is 2.25. The lowest BCUT2D eigenvalue weighted by Crippen LogP contribution is -2.10. The van der Waals surface area contributed by atoms with Crippen molar-refractivity contribution in [1.82, 2.24) is 10.2 Å². The Hall–Kier alpha value is -3.27. The molecule has 0 radical (unpaired) electrons. The van der Waals surface area contributed by atoms with Gasteiger partial charge in [-0.25, -0.2) is 8.42 Å². The van der Waals surface area contributed by atoms with Crippen LogP contribution < -0.4 is 5.32 Å². The van der Waals surface area contributed by atoms with Crippen molar-refractivity contribution in [2.75, 3.05) is 18.1 Å². The zero-order valence-electron chi connectivity index (χ0n) is 14.3. The number of rotatable bonds is 7. The van der Waals surface area contributed by atoms with Gasteiger partial charge < -0.3 is 9.73 Å². The third-order valence-electron chi connectivity index (χ3n) is 3.72. The van der Waals surface area contributed by atoms with Crippen molar-refractivity contribution in [3.8, 4) is 11.5 Å². The number of anilines is 1. The second kappa shape index (κ2) is 7.54. The van der Waals surface area contributed by atoms with Crippen molar-refractivity contribution in [1.29, 1.82) is 0 Å². The van der Waals surface area contributed by atoms with E-state index in [4.69, 9.17) is 4.42 Å². The SMILES string of the molecule is CS(=O)(=O)c1cccc(NCCc2nnc(-c3ccccc3)o2)c1[N+](=O)[O-]. The number of nitrogens with one attached hydrogen (secondary N) is 1. The largest absolute Gasteiger partial charge is 0.421 e. The molecular formula is C17H16N4O5S. The number of aromatic nitrogens is 2. The van der Waals surface area contributed by atoms with Crippen molar-refractivity contribution < 1.29 is 17.8 Å².